The Bertz CT molecular complexity index is 836. The van der Waals surface area contributed by atoms with Crippen LogP contribution < -0.4 is 4.90 Å². The van der Waals surface area contributed by atoms with E-state index in [1.165, 1.54) is 18.6 Å². The van der Waals surface area contributed by atoms with Crippen LogP contribution in [0.15, 0.2) is 48.5 Å². The minimum Gasteiger partial charge on any atom is -0.366 e. The van der Waals surface area contributed by atoms with E-state index >= 15 is 0 Å². The summed E-state index contributed by atoms with van der Waals surface area (Å²) in [6.07, 6.45) is 0. The molecule has 28 heavy (non-hydrogen) atoms. The maximum atomic E-state index is 14.4. The Kier molecular flexibility index (Phi) is 6.73. The second-order valence-electron chi connectivity index (χ2n) is 6.97. The quantitative estimate of drug-likeness (QED) is 0.688. The number of Topliss-reactive ketones (excluding diaryl/α,β-unsaturated/α-hetero) is 1. The number of hydrogen-bond donors (Lipinski definition) is 0. The van der Waals surface area contributed by atoms with Crippen molar-refractivity contribution in [3.8, 4) is 0 Å². The van der Waals surface area contributed by atoms with E-state index in [9.17, 15) is 14.0 Å². The Morgan fingerprint density at radius 1 is 1.07 bits per heavy atom. The third-order valence-electron chi connectivity index (χ3n) is 4.98. The molecule has 0 unspecified atom stereocenters. The first-order chi connectivity index (χ1) is 13.5. The molecule has 1 heterocycles. The second-order valence-corrected chi connectivity index (χ2v) is 8.30. The lowest BCUT2D eigenvalue weighted by molar-refractivity contribution is -0.130. The van der Waals surface area contributed by atoms with Gasteiger partial charge in [-0.2, -0.15) is 0 Å². The molecule has 0 saturated carbocycles. The van der Waals surface area contributed by atoms with Gasteiger partial charge in [0.1, 0.15) is 5.82 Å². The number of rotatable bonds is 6. The van der Waals surface area contributed by atoms with E-state index in [0.29, 0.717) is 37.4 Å². The number of halogens is 1. The van der Waals surface area contributed by atoms with Crippen molar-refractivity contribution < 1.29 is 14.0 Å². The number of amides is 1. The van der Waals surface area contributed by atoms with Crippen LogP contribution in [0, 0.1) is 5.82 Å². The summed E-state index contributed by atoms with van der Waals surface area (Å²) in [5.41, 5.74) is 2.07. The molecule has 0 bridgehead atoms. The van der Waals surface area contributed by atoms with E-state index in [0.717, 1.165) is 5.75 Å². The van der Waals surface area contributed by atoms with E-state index in [1.807, 2.05) is 34.9 Å². The molecule has 1 atom stereocenters. The van der Waals surface area contributed by atoms with E-state index in [2.05, 4.69) is 12.1 Å². The largest absolute Gasteiger partial charge is 0.366 e. The van der Waals surface area contributed by atoms with Crippen LogP contribution in [0.5, 0.6) is 0 Å². The van der Waals surface area contributed by atoms with Crippen LogP contribution in [-0.4, -0.2) is 48.0 Å². The van der Waals surface area contributed by atoms with Crippen LogP contribution in [0.4, 0.5) is 10.1 Å². The van der Waals surface area contributed by atoms with Gasteiger partial charge >= 0.3 is 0 Å². The number of hydrogen-bond acceptors (Lipinski definition) is 4. The molecular formula is C22H25FN2O2S. The van der Waals surface area contributed by atoms with Crippen LogP contribution in [0.25, 0.3) is 0 Å². The molecule has 1 fully saturated rings. The average molecular weight is 401 g/mol. The van der Waals surface area contributed by atoms with Crippen LogP contribution >= 0.6 is 11.8 Å². The molecule has 148 valence electrons. The summed E-state index contributed by atoms with van der Waals surface area (Å²) in [5, 5.41) is -0.113. The number of carbonyl (C=O) groups excluding carboxylic acids is 2. The average Bonchev–Trinajstić information content (AvgIpc) is 2.72. The Balaban J connectivity index is 1.53. The molecule has 0 spiro atoms. The number of carbonyl (C=O) groups is 2. The third kappa shape index (κ3) is 4.93. The highest BCUT2D eigenvalue weighted by atomic mass is 32.2. The molecule has 0 aromatic heterocycles. The summed E-state index contributed by atoms with van der Waals surface area (Å²) in [6.45, 7) is 5.68. The second kappa shape index (κ2) is 9.24. The van der Waals surface area contributed by atoms with Crippen molar-refractivity contribution in [2.45, 2.75) is 24.9 Å². The molecule has 3 rings (SSSR count). The maximum Gasteiger partial charge on any atom is 0.235 e. The third-order valence-corrected chi connectivity index (χ3v) is 6.18. The van der Waals surface area contributed by atoms with Gasteiger partial charge in [0.25, 0.3) is 0 Å². The van der Waals surface area contributed by atoms with E-state index < -0.39 is 0 Å². The van der Waals surface area contributed by atoms with Gasteiger partial charge in [-0.25, -0.2) is 4.39 Å². The summed E-state index contributed by atoms with van der Waals surface area (Å²) in [5.74, 6) is 0.400. The summed E-state index contributed by atoms with van der Waals surface area (Å²) >= 11 is 1.64. The smallest absolute Gasteiger partial charge is 0.235 e. The fourth-order valence-electron chi connectivity index (χ4n) is 3.27. The fourth-order valence-corrected chi connectivity index (χ4v) is 4.20. The monoisotopic (exact) mass is 400 g/mol. The molecule has 1 amide bonds. The predicted octanol–water partition coefficient (Wildman–Crippen LogP) is 4.00. The van der Waals surface area contributed by atoms with Gasteiger partial charge in [0.2, 0.25) is 5.91 Å². The fraction of sp³-hybridized carbons (Fsp3) is 0.364. The van der Waals surface area contributed by atoms with Crippen molar-refractivity contribution in [3.05, 3.63) is 65.5 Å². The van der Waals surface area contributed by atoms with Crippen LogP contribution in [0.2, 0.25) is 0 Å². The lowest BCUT2D eigenvalue weighted by atomic mass is 10.1. The maximum absolute atomic E-state index is 14.4. The minimum absolute atomic E-state index is 0.113. The molecule has 1 aliphatic heterocycles. The van der Waals surface area contributed by atoms with Gasteiger partial charge < -0.3 is 9.80 Å². The Morgan fingerprint density at radius 3 is 2.36 bits per heavy atom. The van der Waals surface area contributed by atoms with Crippen molar-refractivity contribution in [1.82, 2.24) is 4.90 Å². The molecule has 2 aromatic carbocycles. The molecule has 0 radical (unpaired) electrons. The van der Waals surface area contributed by atoms with Crippen molar-refractivity contribution in [2.24, 2.45) is 0 Å². The van der Waals surface area contributed by atoms with Crippen LogP contribution in [0.3, 0.4) is 0 Å². The standard InChI is InChI=1S/C22H25FN2O2S/c1-16(26)19-8-9-21(20(23)14-19)24-10-12-25(13-11-24)22(27)17(2)28-15-18-6-4-3-5-7-18/h3-9,14,17H,10-13,15H2,1-2H3/t17-/m1/s1. The molecular weight excluding hydrogens is 375 g/mol. The van der Waals surface area contributed by atoms with Gasteiger partial charge in [0, 0.05) is 37.5 Å². The highest BCUT2D eigenvalue weighted by Crippen LogP contribution is 2.24. The van der Waals surface area contributed by atoms with Gasteiger partial charge in [-0.15, -0.1) is 11.8 Å². The van der Waals surface area contributed by atoms with Gasteiger partial charge in [0.05, 0.1) is 10.9 Å². The number of anilines is 1. The zero-order valence-electron chi connectivity index (χ0n) is 16.2. The highest BCUT2D eigenvalue weighted by Gasteiger charge is 2.26. The topological polar surface area (TPSA) is 40.6 Å². The van der Waals surface area contributed by atoms with Crippen molar-refractivity contribution in [2.75, 3.05) is 31.1 Å². The zero-order chi connectivity index (χ0) is 20.1. The normalized spacial score (nSPS) is 15.4. The number of nitrogens with zero attached hydrogens (tertiary/aromatic N) is 2. The van der Waals surface area contributed by atoms with Crippen LogP contribution in [-0.2, 0) is 10.5 Å². The van der Waals surface area contributed by atoms with Gasteiger partial charge in [-0.1, -0.05) is 30.3 Å². The molecule has 2 aromatic rings. The number of ketones is 1. The van der Waals surface area contributed by atoms with Gasteiger partial charge in [0.15, 0.2) is 5.78 Å². The molecule has 6 heteroatoms. The highest BCUT2D eigenvalue weighted by molar-refractivity contribution is 7.99. The van der Waals surface area contributed by atoms with Crippen molar-refractivity contribution in [3.63, 3.8) is 0 Å². The summed E-state index contributed by atoms with van der Waals surface area (Å²) in [4.78, 5) is 27.9. The van der Waals surface area contributed by atoms with Gasteiger partial charge in [-0.3, -0.25) is 9.59 Å². The van der Waals surface area contributed by atoms with Gasteiger partial charge in [-0.05, 0) is 37.6 Å². The molecule has 4 nitrogen and oxygen atoms in total. The first kappa shape index (κ1) is 20.4. The van der Waals surface area contributed by atoms with E-state index in [-0.39, 0.29) is 22.8 Å². The Morgan fingerprint density at radius 2 is 1.75 bits per heavy atom. The predicted molar refractivity (Wildman–Crippen MR) is 112 cm³/mol. The lowest BCUT2D eigenvalue weighted by Gasteiger charge is -2.37. The molecule has 0 N–H and O–H groups in total. The lowest BCUT2D eigenvalue weighted by Crippen LogP contribution is -2.50. The van der Waals surface area contributed by atoms with Crippen LogP contribution in [0.1, 0.15) is 29.8 Å². The Labute approximate surface area is 169 Å². The number of thioether (sulfide) groups is 1. The SMILES string of the molecule is CC(=O)c1ccc(N2CCN(C(=O)[C@@H](C)SCc3ccccc3)CC2)c(F)c1. The summed E-state index contributed by atoms with van der Waals surface area (Å²) in [6, 6.07) is 14.7. The number of piperazine rings is 1. The summed E-state index contributed by atoms with van der Waals surface area (Å²) in [7, 11) is 0. The zero-order valence-corrected chi connectivity index (χ0v) is 17.0. The minimum atomic E-state index is -0.390. The number of benzene rings is 2. The van der Waals surface area contributed by atoms with E-state index in [1.54, 1.807) is 23.9 Å². The first-order valence-electron chi connectivity index (χ1n) is 9.45. The Hall–Kier alpha value is -2.34. The molecule has 1 saturated heterocycles. The summed E-state index contributed by atoms with van der Waals surface area (Å²) < 4.78 is 14.4. The van der Waals surface area contributed by atoms with E-state index in [4.69, 9.17) is 0 Å². The molecule has 1 aliphatic rings. The van der Waals surface area contributed by atoms with Crippen molar-refractivity contribution >= 4 is 29.1 Å². The molecule has 0 aliphatic carbocycles. The van der Waals surface area contributed by atoms with Crippen molar-refractivity contribution in [1.29, 1.82) is 0 Å². The first-order valence-corrected chi connectivity index (χ1v) is 10.5.